The van der Waals surface area contributed by atoms with E-state index in [2.05, 4.69) is 23.9 Å². The number of hydrogen-bond acceptors (Lipinski definition) is 3. The van der Waals surface area contributed by atoms with Crippen LogP contribution in [0.5, 0.6) is 0 Å². The lowest BCUT2D eigenvalue weighted by Crippen LogP contribution is -2.36. The molecule has 0 saturated carbocycles. The Morgan fingerprint density at radius 2 is 1.67 bits per heavy atom. The van der Waals surface area contributed by atoms with E-state index in [9.17, 15) is 9.59 Å². The highest BCUT2D eigenvalue weighted by Gasteiger charge is 2.60. The smallest absolute Gasteiger partial charge is 0.236 e. The third kappa shape index (κ3) is 3.57. The summed E-state index contributed by atoms with van der Waals surface area (Å²) in [7, 11) is 0. The van der Waals surface area contributed by atoms with Crippen molar-refractivity contribution in [2.45, 2.75) is 70.7 Å². The quantitative estimate of drug-likeness (QED) is 0.291. The van der Waals surface area contributed by atoms with E-state index >= 15 is 0 Å². The van der Waals surface area contributed by atoms with Crippen molar-refractivity contribution in [3.8, 4) is 0 Å². The van der Waals surface area contributed by atoms with Gasteiger partial charge >= 0.3 is 0 Å². The van der Waals surface area contributed by atoms with Crippen LogP contribution in [-0.2, 0) is 27.4 Å². The van der Waals surface area contributed by atoms with Gasteiger partial charge in [-0.2, -0.15) is 0 Å². The summed E-state index contributed by atoms with van der Waals surface area (Å²) >= 11 is 0. The number of rotatable bonds is 9. The lowest BCUT2D eigenvalue weighted by Gasteiger charge is -2.17. The Hall–Kier alpha value is -2.01. The monoisotopic (exact) mass is 369 g/mol. The lowest BCUT2D eigenvalue weighted by molar-refractivity contribution is -0.697. The molecule has 0 radical (unpaired) electrons. The highest BCUT2D eigenvalue weighted by atomic mass is 16.5. The first-order valence-electron chi connectivity index (χ1n) is 10.4. The van der Waals surface area contributed by atoms with E-state index in [1.165, 1.54) is 37.0 Å². The fourth-order valence-corrected chi connectivity index (χ4v) is 4.59. The number of ether oxygens (including phenoxy) is 1. The van der Waals surface area contributed by atoms with Gasteiger partial charge in [-0.25, -0.2) is 4.57 Å². The van der Waals surface area contributed by atoms with Gasteiger partial charge < -0.3 is 4.74 Å². The van der Waals surface area contributed by atoms with Crippen molar-refractivity contribution in [3.05, 3.63) is 42.2 Å². The third-order valence-corrected chi connectivity index (χ3v) is 6.03. The first-order chi connectivity index (χ1) is 13.2. The van der Waals surface area contributed by atoms with E-state index in [0.717, 1.165) is 18.5 Å². The molecule has 0 aromatic carbocycles. The first kappa shape index (κ1) is 18.4. The van der Waals surface area contributed by atoms with Crippen molar-refractivity contribution in [1.82, 2.24) is 4.90 Å². The van der Waals surface area contributed by atoms with Crippen LogP contribution in [0.1, 0.15) is 51.0 Å². The van der Waals surface area contributed by atoms with Crippen LogP contribution in [0.4, 0.5) is 0 Å². The first-order valence-corrected chi connectivity index (χ1v) is 10.4. The standard InChI is InChI=1S/C22H29N2O3/c1-2-3-4-5-6-7-12-23-13-8-9-16(14-23)15-24-21(25)19-17-10-11-18(27-17)20(19)22(24)26/h8-11,13-14,17-20H,2-7,12,15H2,1H3/q+1/t17-,18+,19-,20+. The maximum absolute atomic E-state index is 12.8. The molecule has 4 rings (SSSR count). The lowest BCUT2D eigenvalue weighted by atomic mass is 9.85. The molecule has 4 heterocycles. The normalized spacial score (nSPS) is 28.4. The molecule has 5 nitrogen and oxygen atoms in total. The van der Waals surface area contributed by atoms with Crippen LogP contribution in [-0.4, -0.2) is 28.9 Å². The van der Waals surface area contributed by atoms with Crippen LogP contribution in [0.25, 0.3) is 0 Å². The summed E-state index contributed by atoms with van der Waals surface area (Å²) < 4.78 is 7.87. The molecule has 144 valence electrons. The van der Waals surface area contributed by atoms with Crippen LogP contribution < -0.4 is 4.57 Å². The van der Waals surface area contributed by atoms with Crippen molar-refractivity contribution in [2.24, 2.45) is 11.8 Å². The molecule has 2 fully saturated rings. The fraction of sp³-hybridized carbons (Fsp3) is 0.591. The Balaban J connectivity index is 1.34. The predicted octanol–water partition coefficient (Wildman–Crippen LogP) is 2.77. The fourth-order valence-electron chi connectivity index (χ4n) is 4.59. The zero-order valence-electron chi connectivity index (χ0n) is 16.0. The molecule has 1 aromatic heterocycles. The molecule has 3 aliphatic rings. The Kier molecular flexibility index (Phi) is 5.39. The van der Waals surface area contributed by atoms with Gasteiger partial charge in [-0.3, -0.25) is 14.5 Å². The number of unbranched alkanes of at least 4 members (excludes halogenated alkanes) is 5. The van der Waals surface area contributed by atoms with E-state index < -0.39 is 0 Å². The summed E-state index contributed by atoms with van der Waals surface area (Å²) in [6, 6.07) is 4.00. The molecule has 2 saturated heterocycles. The minimum atomic E-state index is -0.313. The zero-order chi connectivity index (χ0) is 18.8. The molecular formula is C22H29N2O3+. The van der Waals surface area contributed by atoms with Crippen LogP contribution >= 0.6 is 0 Å². The number of carbonyl (C=O) groups excluding carboxylic acids is 2. The van der Waals surface area contributed by atoms with Crippen molar-refractivity contribution >= 4 is 11.8 Å². The van der Waals surface area contributed by atoms with E-state index in [-0.39, 0.29) is 35.9 Å². The summed E-state index contributed by atoms with van der Waals surface area (Å²) in [6.07, 6.45) is 15.2. The number of aryl methyl sites for hydroxylation is 1. The van der Waals surface area contributed by atoms with E-state index in [0.29, 0.717) is 6.54 Å². The minimum absolute atomic E-state index is 0.0758. The summed E-state index contributed by atoms with van der Waals surface area (Å²) in [5.74, 6) is -0.778. The number of hydrogen-bond donors (Lipinski definition) is 0. The molecule has 4 atom stereocenters. The number of likely N-dealkylation sites (tertiary alicyclic amines) is 1. The number of aromatic nitrogens is 1. The molecule has 0 N–H and O–H groups in total. The number of imide groups is 1. The number of nitrogens with zero attached hydrogens (tertiary/aromatic N) is 2. The van der Waals surface area contributed by atoms with Crippen LogP contribution in [0.15, 0.2) is 36.7 Å². The molecule has 0 unspecified atom stereocenters. The van der Waals surface area contributed by atoms with Crippen molar-refractivity contribution in [1.29, 1.82) is 0 Å². The maximum Gasteiger partial charge on any atom is 0.236 e. The molecule has 27 heavy (non-hydrogen) atoms. The molecule has 2 amide bonds. The van der Waals surface area contributed by atoms with Gasteiger partial charge in [-0.1, -0.05) is 44.8 Å². The van der Waals surface area contributed by atoms with E-state index in [1.807, 2.05) is 24.3 Å². The number of carbonyl (C=O) groups is 2. The molecule has 5 heteroatoms. The van der Waals surface area contributed by atoms with Crippen LogP contribution in [0, 0.1) is 11.8 Å². The van der Waals surface area contributed by atoms with Gasteiger partial charge in [-0.15, -0.1) is 0 Å². The summed E-state index contributed by atoms with van der Waals surface area (Å²) in [5.41, 5.74) is 1.01. The maximum atomic E-state index is 12.8. The molecule has 1 aromatic rings. The third-order valence-electron chi connectivity index (χ3n) is 6.03. The minimum Gasteiger partial charge on any atom is -0.365 e. The van der Waals surface area contributed by atoms with Crippen molar-refractivity contribution in [3.63, 3.8) is 0 Å². The highest BCUT2D eigenvalue weighted by molar-refractivity contribution is 6.06. The van der Waals surface area contributed by atoms with Gasteiger partial charge in [-0.05, 0) is 12.5 Å². The van der Waals surface area contributed by atoms with Crippen LogP contribution in [0.3, 0.4) is 0 Å². The van der Waals surface area contributed by atoms with E-state index in [1.54, 1.807) is 0 Å². The zero-order valence-corrected chi connectivity index (χ0v) is 16.0. The highest BCUT2D eigenvalue weighted by Crippen LogP contribution is 2.45. The average Bonchev–Trinajstić information content (AvgIpc) is 3.35. The van der Waals surface area contributed by atoms with Crippen LogP contribution in [0.2, 0.25) is 0 Å². The van der Waals surface area contributed by atoms with Gasteiger partial charge in [0, 0.05) is 18.1 Å². The van der Waals surface area contributed by atoms with Gasteiger partial charge in [0.1, 0.15) is 6.54 Å². The van der Waals surface area contributed by atoms with Gasteiger partial charge in [0.15, 0.2) is 12.4 Å². The molecule has 3 aliphatic heterocycles. The Morgan fingerprint density at radius 3 is 2.37 bits per heavy atom. The van der Waals surface area contributed by atoms with Gasteiger partial charge in [0.2, 0.25) is 11.8 Å². The Morgan fingerprint density at radius 1 is 1.00 bits per heavy atom. The second-order valence-electron chi connectivity index (χ2n) is 7.98. The SMILES string of the molecule is CCCCCCCC[n+]1cccc(CN2C(=O)[C@@H]3[C@H](C2=O)[C@H]2C=C[C@@H]3O2)c1. The molecule has 2 bridgehead atoms. The molecular weight excluding hydrogens is 340 g/mol. The van der Waals surface area contributed by atoms with Gasteiger partial charge in [0.25, 0.3) is 0 Å². The second-order valence-corrected chi connectivity index (χ2v) is 7.98. The summed E-state index contributed by atoms with van der Waals surface area (Å²) in [5, 5.41) is 0. The van der Waals surface area contributed by atoms with Crippen molar-refractivity contribution in [2.75, 3.05) is 0 Å². The number of amides is 2. The summed E-state index contributed by atoms with van der Waals surface area (Å²) in [4.78, 5) is 27.0. The van der Waals surface area contributed by atoms with Gasteiger partial charge in [0.05, 0.1) is 30.6 Å². The summed E-state index contributed by atoms with van der Waals surface area (Å²) in [6.45, 7) is 3.58. The molecule has 0 spiro atoms. The second kappa shape index (κ2) is 7.93. The number of fused-ring (bicyclic) bond motifs is 5. The Bertz CT molecular complexity index is 715. The Labute approximate surface area is 161 Å². The van der Waals surface area contributed by atoms with Crippen molar-refractivity contribution < 1.29 is 18.9 Å². The number of pyridine rings is 1. The molecule has 0 aliphatic carbocycles. The average molecular weight is 369 g/mol. The predicted molar refractivity (Wildman–Crippen MR) is 100 cm³/mol. The largest absolute Gasteiger partial charge is 0.365 e. The topological polar surface area (TPSA) is 50.5 Å². The van der Waals surface area contributed by atoms with E-state index in [4.69, 9.17) is 4.74 Å².